The van der Waals surface area contributed by atoms with Gasteiger partial charge in [0.2, 0.25) is 0 Å². The second kappa shape index (κ2) is 4.86. The summed E-state index contributed by atoms with van der Waals surface area (Å²) in [6.45, 7) is 0. The van der Waals surface area contributed by atoms with Crippen LogP contribution in [-0.2, 0) is 0 Å². The van der Waals surface area contributed by atoms with Crippen molar-refractivity contribution >= 4 is 28.3 Å². The normalized spacial score (nSPS) is 10.7. The molecule has 3 aromatic rings. The zero-order valence-electron chi connectivity index (χ0n) is 10.2. The predicted molar refractivity (Wildman–Crippen MR) is 76.6 cm³/mol. The zero-order valence-corrected chi connectivity index (χ0v) is 10.9. The average molecular weight is 286 g/mol. The van der Waals surface area contributed by atoms with Crippen molar-refractivity contribution in [3.8, 4) is 11.3 Å². The van der Waals surface area contributed by atoms with Gasteiger partial charge in [-0.1, -0.05) is 23.7 Å². The highest BCUT2D eigenvalue weighted by Crippen LogP contribution is 2.31. The molecule has 0 aliphatic heterocycles. The predicted octanol–water partition coefficient (Wildman–Crippen LogP) is 3.86. The van der Waals surface area contributed by atoms with Crippen LogP contribution in [0.25, 0.3) is 22.3 Å². The first-order valence-electron chi connectivity index (χ1n) is 5.81. The van der Waals surface area contributed by atoms with Crippen LogP contribution in [0.4, 0.5) is 5.69 Å². The van der Waals surface area contributed by atoms with E-state index in [4.69, 9.17) is 11.6 Å². The molecule has 98 valence electrons. The molecule has 20 heavy (non-hydrogen) atoms. The minimum absolute atomic E-state index is 0.0814. The van der Waals surface area contributed by atoms with Gasteiger partial charge in [0.25, 0.3) is 5.69 Å². The summed E-state index contributed by atoms with van der Waals surface area (Å²) in [5.74, 6) is 0. The van der Waals surface area contributed by atoms with E-state index in [0.29, 0.717) is 21.8 Å². The summed E-state index contributed by atoms with van der Waals surface area (Å²) in [6.07, 6.45) is 1.53. The van der Waals surface area contributed by atoms with Gasteiger partial charge in [-0.25, -0.2) is 4.98 Å². The summed E-state index contributed by atoms with van der Waals surface area (Å²) in [4.78, 5) is 19.3. The summed E-state index contributed by atoms with van der Waals surface area (Å²) in [5.41, 5.74) is 2.20. The van der Waals surface area contributed by atoms with Gasteiger partial charge in [0.1, 0.15) is 0 Å². The molecule has 0 fully saturated rings. The summed E-state index contributed by atoms with van der Waals surface area (Å²) >= 11 is 5.80. The highest BCUT2D eigenvalue weighted by Gasteiger charge is 2.17. The fourth-order valence-corrected chi connectivity index (χ4v) is 2.13. The maximum atomic E-state index is 11.1. The number of nitrogens with zero attached hydrogens (tertiary/aromatic N) is 3. The number of rotatable bonds is 2. The van der Waals surface area contributed by atoms with E-state index < -0.39 is 4.92 Å². The largest absolute Gasteiger partial charge is 0.280 e. The highest BCUT2D eigenvalue weighted by molar-refractivity contribution is 6.30. The van der Waals surface area contributed by atoms with Crippen LogP contribution in [0, 0.1) is 10.1 Å². The lowest BCUT2D eigenvalue weighted by Crippen LogP contribution is -1.95. The minimum Gasteiger partial charge on any atom is -0.258 e. The molecule has 5 nitrogen and oxygen atoms in total. The van der Waals surface area contributed by atoms with Crippen molar-refractivity contribution in [1.29, 1.82) is 0 Å². The van der Waals surface area contributed by atoms with Gasteiger partial charge in [0.15, 0.2) is 0 Å². The molecule has 0 bridgehead atoms. The number of benzene rings is 2. The van der Waals surface area contributed by atoms with E-state index in [9.17, 15) is 10.1 Å². The Kier molecular flexibility index (Phi) is 3.04. The topological polar surface area (TPSA) is 68.9 Å². The monoisotopic (exact) mass is 285 g/mol. The number of aromatic nitrogens is 2. The van der Waals surface area contributed by atoms with Crippen LogP contribution in [-0.4, -0.2) is 14.9 Å². The third-order valence-corrected chi connectivity index (χ3v) is 3.12. The molecular weight excluding hydrogens is 278 g/mol. The maximum Gasteiger partial charge on any atom is 0.280 e. The van der Waals surface area contributed by atoms with Gasteiger partial charge in [-0.15, -0.1) is 0 Å². The van der Waals surface area contributed by atoms with E-state index in [1.807, 2.05) is 24.3 Å². The fraction of sp³-hybridized carbons (Fsp3) is 0. The van der Waals surface area contributed by atoms with Gasteiger partial charge < -0.3 is 0 Å². The first-order chi connectivity index (χ1) is 9.65. The third kappa shape index (κ3) is 2.19. The number of nitro benzene ring substituents is 1. The molecule has 2 aromatic carbocycles. The molecule has 3 rings (SSSR count). The molecule has 0 saturated heterocycles. The molecular formula is C14H8ClN3O2. The van der Waals surface area contributed by atoms with Crippen molar-refractivity contribution in [3.05, 3.63) is 63.8 Å². The summed E-state index contributed by atoms with van der Waals surface area (Å²) in [7, 11) is 0. The second-order valence-corrected chi connectivity index (χ2v) is 4.60. The van der Waals surface area contributed by atoms with Gasteiger partial charge in [-0.05, 0) is 24.3 Å². The van der Waals surface area contributed by atoms with Crippen LogP contribution in [0.5, 0.6) is 0 Å². The average Bonchev–Trinajstić information content (AvgIpc) is 2.46. The Morgan fingerprint density at radius 2 is 1.85 bits per heavy atom. The van der Waals surface area contributed by atoms with Gasteiger partial charge in [-0.2, -0.15) is 0 Å². The maximum absolute atomic E-state index is 11.1. The van der Waals surface area contributed by atoms with E-state index in [2.05, 4.69) is 9.97 Å². The Hall–Kier alpha value is -2.53. The van der Waals surface area contributed by atoms with Crippen LogP contribution in [0.15, 0.2) is 48.7 Å². The van der Waals surface area contributed by atoms with Crippen molar-refractivity contribution in [2.24, 2.45) is 0 Å². The van der Waals surface area contributed by atoms with E-state index in [0.717, 1.165) is 5.52 Å². The molecule has 0 amide bonds. The number of nitro groups is 1. The van der Waals surface area contributed by atoms with Crippen LogP contribution in [0.3, 0.4) is 0 Å². The van der Waals surface area contributed by atoms with Crippen molar-refractivity contribution < 1.29 is 4.92 Å². The molecule has 0 aliphatic rings. The van der Waals surface area contributed by atoms with E-state index in [-0.39, 0.29) is 5.69 Å². The first-order valence-corrected chi connectivity index (χ1v) is 6.19. The SMILES string of the molecule is O=[N+]([O-])c1cc(Cl)ccc1-c1cnc2ccccc2n1. The Labute approximate surface area is 119 Å². The van der Waals surface area contributed by atoms with Gasteiger partial charge in [0, 0.05) is 11.1 Å². The van der Waals surface area contributed by atoms with Crippen LogP contribution < -0.4 is 0 Å². The van der Waals surface area contributed by atoms with Gasteiger partial charge >= 0.3 is 0 Å². The smallest absolute Gasteiger partial charge is 0.258 e. The van der Waals surface area contributed by atoms with E-state index in [1.54, 1.807) is 12.1 Å². The van der Waals surface area contributed by atoms with E-state index >= 15 is 0 Å². The molecule has 0 saturated carbocycles. The Balaban J connectivity index is 2.22. The number of fused-ring (bicyclic) bond motifs is 1. The molecule has 0 atom stereocenters. The van der Waals surface area contributed by atoms with Gasteiger partial charge in [0.05, 0.1) is 33.4 Å². The van der Waals surface area contributed by atoms with Crippen LogP contribution in [0.1, 0.15) is 0 Å². The molecule has 0 aliphatic carbocycles. The van der Waals surface area contributed by atoms with Crippen molar-refractivity contribution in [3.63, 3.8) is 0 Å². The molecule has 0 N–H and O–H groups in total. The lowest BCUT2D eigenvalue weighted by molar-refractivity contribution is -0.384. The summed E-state index contributed by atoms with van der Waals surface area (Å²) in [6, 6.07) is 11.8. The summed E-state index contributed by atoms with van der Waals surface area (Å²) < 4.78 is 0. The van der Waals surface area contributed by atoms with E-state index in [1.165, 1.54) is 12.3 Å². The minimum atomic E-state index is -0.474. The van der Waals surface area contributed by atoms with Crippen LogP contribution >= 0.6 is 11.6 Å². The standard InChI is InChI=1S/C14H8ClN3O2/c15-9-5-6-10(14(7-9)18(19)20)13-8-16-11-3-1-2-4-12(11)17-13/h1-8H. The number of hydrogen-bond acceptors (Lipinski definition) is 4. The second-order valence-electron chi connectivity index (χ2n) is 4.16. The number of para-hydroxylation sites is 2. The lowest BCUT2D eigenvalue weighted by Gasteiger charge is -2.04. The lowest BCUT2D eigenvalue weighted by atomic mass is 10.1. The molecule has 0 radical (unpaired) electrons. The highest BCUT2D eigenvalue weighted by atomic mass is 35.5. The molecule has 1 heterocycles. The molecule has 0 spiro atoms. The molecule has 0 unspecified atom stereocenters. The van der Waals surface area contributed by atoms with Crippen molar-refractivity contribution in [1.82, 2.24) is 9.97 Å². The Bertz CT molecular complexity index is 820. The molecule has 6 heteroatoms. The first kappa shape index (κ1) is 12.5. The fourth-order valence-electron chi connectivity index (χ4n) is 1.96. The van der Waals surface area contributed by atoms with Crippen molar-refractivity contribution in [2.45, 2.75) is 0 Å². The zero-order chi connectivity index (χ0) is 14.1. The Morgan fingerprint density at radius 3 is 2.60 bits per heavy atom. The number of hydrogen-bond donors (Lipinski definition) is 0. The van der Waals surface area contributed by atoms with Crippen molar-refractivity contribution in [2.75, 3.05) is 0 Å². The number of halogens is 1. The van der Waals surface area contributed by atoms with Gasteiger partial charge in [-0.3, -0.25) is 15.1 Å². The Morgan fingerprint density at radius 1 is 1.10 bits per heavy atom. The summed E-state index contributed by atoms with van der Waals surface area (Å²) in [5, 5.41) is 11.4. The quantitative estimate of drug-likeness (QED) is 0.529. The van der Waals surface area contributed by atoms with Crippen LogP contribution in [0.2, 0.25) is 5.02 Å². The molecule has 1 aromatic heterocycles. The third-order valence-electron chi connectivity index (χ3n) is 2.88.